The van der Waals surface area contributed by atoms with E-state index in [9.17, 15) is 24.6 Å². The van der Waals surface area contributed by atoms with Gasteiger partial charge in [0, 0.05) is 30.9 Å². The highest BCUT2D eigenvalue weighted by molar-refractivity contribution is 5.96. The van der Waals surface area contributed by atoms with Gasteiger partial charge in [-0.05, 0) is 33.3 Å². The number of carbonyl (C=O) groups is 3. The SMILES string of the molecule is C=C(C)C(=O)OC1CC(C)(O)C2(O)CCC(C)(/C=C3/OC(=O)C(COC(C)=O)=C31)O2. The van der Waals surface area contributed by atoms with E-state index in [0.29, 0.717) is 6.42 Å². The quantitative estimate of drug-likeness (QED) is 0.390. The monoisotopic (exact) mass is 422 g/mol. The maximum Gasteiger partial charge on any atom is 0.343 e. The summed E-state index contributed by atoms with van der Waals surface area (Å²) in [6.07, 6.45) is 0.495. The lowest BCUT2D eigenvalue weighted by Gasteiger charge is -2.40. The minimum atomic E-state index is -1.91. The summed E-state index contributed by atoms with van der Waals surface area (Å²) in [5.41, 5.74) is -2.64. The van der Waals surface area contributed by atoms with Crippen LogP contribution in [-0.2, 0) is 33.3 Å². The lowest BCUT2D eigenvalue weighted by Crippen LogP contribution is -2.54. The normalized spacial score (nSPS) is 37.2. The van der Waals surface area contributed by atoms with Crippen LogP contribution in [0.3, 0.4) is 0 Å². The summed E-state index contributed by atoms with van der Waals surface area (Å²) in [6.45, 7) is 8.86. The standard InChI is InChI=1S/C21H26O9/c1-11(2)17(23)28-15-9-20(5,25)21(26)7-6-19(4,30-21)8-14-16(15)13(18(24)29-14)10-27-12(3)22/h8,15,25-26H,1,6-7,9-10H2,2-5H3/b14-8+. The zero-order valence-corrected chi connectivity index (χ0v) is 17.4. The van der Waals surface area contributed by atoms with Gasteiger partial charge in [-0.25, -0.2) is 9.59 Å². The minimum Gasteiger partial charge on any atom is -0.461 e. The van der Waals surface area contributed by atoms with Gasteiger partial charge in [-0.1, -0.05) is 6.58 Å². The number of esters is 3. The smallest absolute Gasteiger partial charge is 0.343 e. The highest BCUT2D eigenvalue weighted by Crippen LogP contribution is 2.49. The summed E-state index contributed by atoms with van der Waals surface area (Å²) in [4.78, 5) is 36.1. The summed E-state index contributed by atoms with van der Waals surface area (Å²) in [7, 11) is 0. The molecule has 9 heteroatoms. The van der Waals surface area contributed by atoms with E-state index in [1.165, 1.54) is 26.8 Å². The Hall–Kier alpha value is -2.49. The zero-order valence-electron chi connectivity index (χ0n) is 17.4. The molecule has 0 aliphatic carbocycles. The lowest BCUT2D eigenvalue weighted by atomic mass is 9.82. The van der Waals surface area contributed by atoms with Crippen molar-refractivity contribution in [2.75, 3.05) is 6.61 Å². The van der Waals surface area contributed by atoms with Crippen LogP contribution in [0.1, 0.15) is 47.0 Å². The van der Waals surface area contributed by atoms with Crippen LogP contribution in [0.15, 0.2) is 35.1 Å². The number of fused-ring (bicyclic) bond motifs is 3. The third-order valence-electron chi connectivity index (χ3n) is 5.60. The van der Waals surface area contributed by atoms with Crippen molar-refractivity contribution in [2.24, 2.45) is 0 Å². The van der Waals surface area contributed by atoms with E-state index in [1.54, 1.807) is 6.92 Å². The molecule has 2 bridgehead atoms. The van der Waals surface area contributed by atoms with E-state index in [2.05, 4.69) is 6.58 Å². The molecule has 164 valence electrons. The second-order valence-electron chi connectivity index (χ2n) is 8.42. The first-order chi connectivity index (χ1) is 13.8. The van der Waals surface area contributed by atoms with E-state index in [4.69, 9.17) is 18.9 Å². The van der Waals surface area contributed by atoms with Crippen molar-refractivity contribution in [3.63, 3.8) is 0 Å². The van der Waals surface area contributed by atoms with Crippen LogP contribution in [0, 0.1) is 0 Å². The molecule has 0 radical (unpaired) electrons. The summed E-state index contributed by atoms with van der Waals surface area (Å²) >= 11 is 0. The van der Waals surface area contributed by atoms with Crippen LogP contribution >= 0.6 is 0 Å². The van der Waals surface area contributed by atoms with Crippen LogP contribution in [0.4, 0.5) is 0 Å². The van der Waals surface area contributed by atoms with Crippen molar-refractivity contribution in [3.05, 3.63) is 35.1 Å². The molecule has 9 nitrogen and oxygen atoms in total. The Balaban J connectivity index is 2.17. The van der Waals surface area contributed by atoms with Gasteiger partial charge in [0.25, 0.3) is 0 Å². The predicted octanol–water partition coefficient (Wildman–Crippen LogP) is 1.19. The van der Waals surface area contributed by atoms with Crippen LogP contribution in [0.5, 0.6) is 0 Å². The van der Waals surface area contributed by atoms with Gasteiger partial charge in [0.15, 0.2) is 5.79 Å². The number of hydrogen-bond donors (Lipinski definition) is 2. The summed E-state index contributed by atoms with van der Waals surface area (Å²) in [6, 6.07) is 0. The number of carbonyl (C=O) groups excluding carboxylic acids is 3. The molecule has 3 rings (SSSR count). The van der Waals surface area contributed by atoms with Crippen LogP contribution in [0.2, 0.25) is 0 Å². The minimum absolute atomic E-state index is 0.0138. The summed E-state index contributed by atoms with van der Waals surface area (Å²) in [5.74, 6) is -3.96. The number of aliphatic hydroxyl groups is 2. The Labute approximate surface area is 173 Å². The molecule has 4 unspecified atom stereocenters. The molecule has 3 heterocycles. The molecule has 0 saturated carbocycles. The van der Waals surface area contributed by atoms with Gasteiger partial charge in [-0.2, -0.15) is 0 Å². The van der Waals surface area contributed by atoms with Gasteiger partial charge in [0.1, 0.15) is 24.1 Å². The Kier molecular flexibility index (Phi) is 5.43. The first-order valence-corrected chi connectivity index (χ1v) is 9.60. The van der Waals surface area contributed by atoms with Crippen LogP contribution in [-0.4, -0.2) is 57.8 Å². The van der Waals surface area contributed by atoms with E-state index >= 15 is 0 Å². The van der Waals surface area contributed by atoms with Gasteiger partial charge in [0.2, 0.25) is 0 Å². The van der Waals surface area contributed by atoms with Gasteiger partial charge < -0.3 is 29.2 Å². The molecule has 3 aliphatic heterocycles. The molecule has 3 aliphatic rings. The second kappa shape index (κ2) is 7.33. The number of hydrogen-bond acceptors (Lipinski definition) is 9. The fraction of sp³-hybridized carbons (Fsp3) is 0.571. The molecule has 0 aromatic heterocycles. The highest BCUT2D eigenvalue weighted by Gasteiger charge is 2.58. The summed E-state index contributed by atoms with van der Waals surface area (Å²) in [5, 5.41) is 22.1. The van der Waals surface area contributed by atoms with Crippen molar-refractivity contribution in [3.8, 4) is 0 Å². The van der Waals surface area contributed by atoms with E-state index in [0.717, 1.165) is 0 Å². The molecular weight excluding hydrogens is 396 g/mol. The zero-order chi connectivity index (χ0) is 22.5. The Morgan fingerprint density at radius 1 is 1.27 bits per heavy atom. The Bertz CT molecular complexity index is 881. The fourth-order valence-electron chi connectivity index (χ4n) is 3.86. The lowest BCUT2D eigenvalue weighted by molar-refractivity contribution is -0.298. The molecule has 4 atom stereocenters. The third-order valence-corrected chi connectivity index (χ3v) is 5.60. The van der Waals surface area contributed by atoms with Crippen molar-refractivity contribution >= 4 is 17.9 Å². The van der Waals surface area contributed by atoms with Crippen molar-refractivity contribution < 1.29 is 43.5 Å². The van der Waals surface area contributed by atoms with Crippen molar-refractivity contribution in [2.45, 2.75) is 70.1 Å². The summed E-state index contributed by atoms with van der Waals surface area (Å²) < 4.78 is 21.7. The maximum atomic E-state index is 12.5. The molecule has 0 aromatic carbocycles. The topological polar surface area (TPSA) is 129 Å². The Morgan fingerprint density at radius 3 is 2.53 bits per heavy atom. The fourth-order valence-corrected chi connectivity index (χ4v) is 3.86. The molecule has 2 N–H and O–H groups in total. The van der Waals surface area contributed by atoms with Crippen LogP contribution < -0.4 is 0 Å². The third kappa shape index (κ3) is 3.92. The number of rotatable bonds is 4. The largest absolute Gasteiger partial charge is 0.461 e. The molecule has 1 saturated heterocycles. The van der Waals surface area contributed by atoms with Gasteiger partial charge in [-0.3, -0.25) is 4.79 Å². The Morgan fingerprint density at radius 2 is 1.93 bits per heavy atom. The predicted molar refractivity (Wildman–Crippen MR) is 101 cm³/mol. The van der Waals surface area contributed by atoms with Gasteiger partial charge >= 0.3 is 17.9 Å². The molecule has 0 amide bonds. The first-order valence-electron chi connectivity index (χ1n) is 9.60. The first kappa shape index (κ1) is 22.2. The van der Waals surface area contributed by atoms with Crippen LogP contribution in [0.25, 0.3) is 0 Å². The number of ether oxygens (including phenoxy) is 4. The second-order valence-corrected chi connectivity index (χ2v) is 8.42. The average molecular weight is 422 g/mol. The van der Waals surface area contributed by atoms with E-state index in [-0.39, 0.29) is 35.3 Å². The molecule has 0 spiro atoms. The average Bonchev–Trinajstić information content (AvgIpc) is 3.09. The van der Waals surface area contributed by atoms with Gasteiger partial charge in [-0.15, -0.1) is 0 Å². The van der Waals surface area contributed by atoms with Gasteiger partial charge in [0.05, 0.1) is 11.2 Å². The molecule has 0 aromatic rings. The molecular formula is C21H26O9. The molecule has 30 heavy (non-hydrogen) atoms. The van der Waals surface area contributed by atoms with Crippen molar-refractivity contribution in [1.29, 1.82) is 0 Å². The van der Waals surface area contributed by atoms with E-state index < -0.39 is 47.6 Å². The van der Waals surface area contributed by atoms with Crippen molar-refractivity contribution in [1.82, 2.24) is 0 Å². The highest BCUT2D eigenvalue weighted by atomic mass is 16.7. The molecule has 1 fully saturated rings. The van der Waals surface area contributed by atoms with E-state index in [1.807, 2.05) is 0 Å². The maximum absolute atomic E-state index is 12.5.